The summed E-state index contributed by atoms with van der Waals surface area (Å²) in [5, 5.41) is 3.84. The van der Waals surface area contributed by atoms with Gasteiger partial charge >= 0.3 is 0 Å². The van der Waals surface area contributed by atoms with Crippen molar-refractivity contribution < 1.29 is 9.13 Å². The van der Waals surface area contributed by atoms with Gasteiger partial charge in [0.2, 0.25) is 0 Å². The average Bonchev–Trinajstić information content (AvgIpc) is 2.41. The molecule has 0 atom stereocenters. The maximum atomic E-state index is 13.7. The largest absolute Gasteiger partial charge is 0.497 e. The Morgan fingerprint density at radius 1 is 1.21 bits per heavy atom. The maximum absolute atomic E-state index is 13.7. The van der Waals surface area contributed by atoms with Crippen LogP contribution in [0.15, 0.2) is 36.4 Å². The van der Waals surface area contributed by atoms with E-state index in [9.17, 15) is 4.39 Å². The van der Waals surface area contributed by atoms with Gasteiger partial charge in [-0.25, -0.2) is 4.39 Å². The van der Waals surface area contributed by atoms with E-state index in [4.69, 9.17) is 16.3 Å². The molecule has 2 aromatic carbocycles. The molecule has 0 heterocycles. The minimum atomic E-state index is -0.287. The molecule has 0 aliphatic carbocycles. The molecule has 0 aromatic heterocycles. The fourth-order valence-corrected chi connectivity index (χ4v) is 1.88. The molecule has 0 amide bonds. The van der Waals surface area contributed by atoms with E-state index in [0.29, 0.717) is 22.9 Å². The van der Waals surface area contributed by atoms with Crippen molar-refractivity contribution in [2.24, 2.45) is 0 Å². The molecule has 0 bridgehead atoms. The lowest BCUT2D eigenvalue weighted by Gasteiger charge is -2.09. The van der Waals surface area contributed by atoms with Crippen molar-refractivity contribution in [3.05, 3.63) is 58.4 Å². The van der Waals surface area contributed by atoms with Gasteiger partial charge in [0.05, 0.1) is 7.11 Å². The average molecular weight is 280 g/mol. The van der Waals surface area contributed by atoms with E-state index in [0.717, 1.165) is 11.3 Å². The summed E-state index contributed by atoms with van der Waals surface area (Å²) in [5.41, 5.74) is 2.46. The zero-order valence-corrected chi connectivity index (χ0v) is 11.6. The highest BCUT2D eigenvalue weighted by atomic mass is 35.5. The third-order valence-electron chi connectivity index (χ3n) is 2.92. The molecular weight excluding hydrogens is 265 g/mol. The molecule has 1 N–H and O–H groups in total. The molecule has 0 radical (unpaired) electrons. The first-order valence-electron chi connectivity index (χ1n) is 5.92. The summed E-state index contributed by atoms with van der Waals surface area (Å²) in [5.74, 6) is 0.227. The van der Waals surface area contributed by atoms with Crippen LogP contribution < -0.4 is 10.1 Å². The number of rotatable bonds is 4. The Morgan fingerprint density at radius 3 is 2.63 bits per heavy atom. The third-order valence-corrected chi connectivity index (χ3v) is 3.32. The summed E-state index contributed by atoms with van der Waals surface area (Å²) in [6.45, 7) is 2.34. The Morgan fingerprint density at radius 2 is 2.00 bits per heavy atom. The quantitative estimate of drug-likeness (QED) is 0.895. The van der Waals surface area contributed by atoms with Crippen molar-refractivity contribution in [2.45, 2.75) is 13.5 Å². The number of hydrogen-bond donors (Lipinski definition) is 1. The number of aryl methyl sites for hydroxylation is 1. The lowest BCUT2D eigenvalue weighted by Crippen LogP contribution is -2.02. The highest BCUT2D eigenvalue weighted by Crippen LogP contribution is 2.21. The highest BCUT2D eigenvalue weighted by Gasteiger charge is 2.04. The smallest absolute Gasteiger partial charge is 0.131 e. The minimum Gasteiger partial charge on any atom is -0.497 e. The summed E-state index contributed by atoms with van der Waals surface area (Å²) in [7, 11) is 1.51. The first-order chi connectivity index (χ1) is 9.10. The molecule has 0 unspecified atom stereocenters. The first-order valence-corrected chi connectivity index (χ1v) is 6.30. The molecular formula is C15H15ClFNO. The van der Waals surface area contributed by atoms with Gasteiger partial charge in [0.15, 0.2) is 0 Å². The van der Waals surface area contributed by atoms with Crippen molar-refractivity contribution in [2.75, 3.05) is 12.4 Å². The Balaban J connectivity index is 2.07. The van der Waals surface area contributed by atoms with Gasteiger partial charge in [-0.05, 0) is 30.7 Å². The van der Waals surface area contributed by atoms with E-state index in [1.54, 1.807) is 12.1 Å². The van der Waals surface area contributed by atoms with E-state index in [2.05, 4.69) is 5.32 Å². The van der Waals surface area contributed by atoms with Crippen LogP contribution in [0, 0.1) is 12.7 Å². The first kappa shape index (κ1) is 13.7. The summed E-state index contributed by atoms with van der Waals surface area (Å²) in [6.07, 6.45) is 0. The zero-order chi connectivity index (χ0) is 13.8. The fourth-order valence-electron chi connectivity index (χ4n) is 1.70. The van der Waals surface area contributed by atoms with Gasteiger partial charge in [-0.2, -0.15) is 0 Å². The lowest BCUT2D eigenvalue weighted by molar-refractivity contribution is 0.411. The SMILES string of the molecule is COc1ccc(CNc2ccc(C)c(Cl)c2)c(F)c1. The van der Waals surface area contributed by atoms with E-state index in [1.165, 1.54) is 13.2 Å². The molecule has 2 rings (SSSR count). The van der Waals surface area contributed by atoms with Gasteiger partial charge < -0.3 is 10.1 Å². The molecule has 100 valence electrons. The number of halogens is 2. The number of ether oxygens (including phenoxy) is 1. The Kier molecular flexibility index (Phi) is 4.27. The molecule has 0 saturated carbocycles. The molecule has 4 heteroatoms. The molecule has 19 heavy (non-hydrogen) atoms. The van der Waals surface area contributed by atoms with Crippen LogP contribution in [0.3, 0.4) is 0 Å². The normalized spacial score (nSPS) is 10.3. The Bertz CT molecular complexity index is 586. The van der Waals surface area contributed by atoms with Crippen molar-refractivity contribution in [1.82, 2.24) is 0 Å². The summed E-state index contributed by atoms with van der Waals surface area (Å²) in [6, 6.07) is 10.5. The molecule has 2 nitrogen and oxygen atoms in total. The third kappa shape index (κ3) is 3.38. The summed E-state index contributed by atoms with van der Waals surface area (Å²) in [4.78, 5) is 0. The van der Waals surface area contributed by atoms with Gasteiger partial charge in [-0.15, -0.1) is 0 Å². The van der Waals surface area contributed by atoms with E-state index in [-0.39, 0.29) is 5.82 Å². The number of benzene rings is 2. The Hall–Kier alpha value is -1.74. The van der Waals surface area contributed by atoms with Gasteiger partial charge in [-0.3, -0.25) is 0 Å². The minimum absolute atomic E-state index is 0.287. The van der Waals surface area contributed by atoms with Crippen molar-refractivity contribution in [3.63, 3.8) is 0 Å². The molecule has 0 saturated heterocycles. The van der Waals surface area contributed by atoms with Gasteiger partial charge in [0, 0.05) is 28.9 Å². The second kappa shape index (κ2) is 5.93. The van der Waals surface area contributed by atoms with Crippen LogP contribution in [-0.4, -0.2) is 7.11 Å². The number of nitrogens with one attached hydrogen (secondary N) is 1. The predicted molar refractivity (Wildman–Crippen MR) is 76.5 cm³/mol. The highest BCUT2D eigenvalue weighted by molar-refractivity contribution is 6.31. The fraction of sp³-hybridized carbons (Fsp3) is 0.200. The zero-order valence-electron chi connectivity index (χ0n) is 10.8. The summed E-state index contributed by atoms with van der Waals surface area (Å²) >= 11 is 6.04. The van der Waals surface area contributed by atoms with Crippen molar-refractivity contribution in [3.8, 4) is 5.75 Å². The van der Waals surface area contributed by atoms with Crippen LogP contribution in [0.4, 0.5) is 10.1 Å². The number of anilines is 1. The van der Waals surface area contributed by atoms with Crippen LogP contribution in [0.25, 0.3) is 0 Å². The molecule has 0 fully saturated rings. The van der Waals surface area contributed by atoms with Crippen LogP contribution in [0.5, 0.6) is 5.75 Å². The van der Waals surface area contributed by atoms with Gasteiger partial charge in [-0.1, -0.05) is 23.7 Å². The molecule has 0 aliphatic heterocycles. The van der Waals surface area contributed by atoms with Crippen molar-refractivity contribution >= 4 is 17.3 Å². The maximum Gasteiger partial charge on any atom is 0.131 e. The standard InChI is InChI=1S/C15H15ClFNO/c1-10-3-5-12(7-14(10)16)18-9-11-4-6-13(19-2)8-15(11)17/h3-8,18H,9H2,1-2H3. The van der Waals surface area contributed by atoms with E-state index < -0.39 is 0 Å². The van der Waals surface area contributed by atoms with Gasteiger partial charge in [0.25, 0.3) is 0 Å². The van der Waals surface area contributed by atoms with Gasteiger partial charge in [0.1, 0.15) is 11.6 Å². The Labute approximate surface area is 117 Å². The number of hydrogen-bond acceptors (Lipinski definition) is 2. The second-order valence-corrected chi connectivity index (χ2v) is 4.68. The van der Waals surface area contributed by atoms with E-state index in [1.807, 2.05) is 25.1 Å². The van der Waals surface area contributed by atoms with Crippen LogP contribution in [0.1, 0.15) is 11.1 Å². The second-order valence-electron chi connectivity index (χ2n) is 4.27. The lowest BCUT2D eigenvalue weighted by atomic mass is 10.2. The summed E-state index contributed by atoms with van der Waals surface area (Å²) < 4.78 is 18.7. The molecule has 0 aliphatic rings. The predicted octanol–water partition coefficient (Wildman–Crippen LogP) is 4.41. The monoisotopic (exact) mass is 279 g/mol. The number of methoxy groups -OCH3 is 1. The van der Waals surface area contributed by atoms with E-state index >= 15 is 0 Å². The topological polar surface area (TPSA) is 21.3 Å². The van der Waals surface area contributed by atoms with Crippen molar-refractivity contribution in [1.29, 1.82) is 0 Å². The van der Waals surface area contributed by atoms with Crippen LogP contribution in [0.2, 0.25) is 5.02 Å². The van der Waals surface area contributed by atoms with Crippen LogP contribution >= 0.6 is 11.6 Å². The van der Waals surface area contributed by atoms with Crippen LogP contribution in [-0.2, 0) is 6.54 Å². The molecule has 0 spiro atoms. The molecule has 2 aromatic rings.